The lowest BCUT2D eigenvalue weighted by Gasteiger charge is -1.98. The third-order valence-electron chi connectivity index (χ3n) is 2.78. The number of aromatic nitrogens is 1. The molecular formula is C15H8N2OS. The van der Waals surface area contributed by atoms with Crippen LogP contribution in [-0.4, -0.2) is 10.8 Å². The van der Waals surface area contributed by atoms with Crippen molar-refractivity contribution in [2.45, 2.75) is 0 Å². The van der Waals surface area contributed by atoms with Crippen molar-refractivity contribution in [1.82, 2.24) is 4.98 Å². The van der Waals surface area contributed by atoms with Gasteiger partial charge in [-0.2, -0.15) is 5.26 Å². The van der Waals surface area contributed by atoms with Gasteiger partial charge >= 0.3 is 0 Å². The van der Waals surface area contributed by atoms with E-state index in [-0.39, 0.29) is 5.78 Å². The van der Waals surface area contributed by atoms with Crippen LogP contribution >= 0.6 is 11.3 Å². The van der Waals surface area contributed by atoms with E-state index < -0.39 is 0 Å². The molecule has 0 aliphatic heterocycles. The predicted octanol–water partition coefficient (Wildman–Crippen LogP) is 3.40. The molecular weight excluding hydrogens is 256 g/mol. The highest BCUT2D eigenvalue weighted by Gasteiger charge is 2.17. The van der Waals surface area contributed by atoms with Gasteiger partial charge in [-0.3, -0.25) is 4.79 Å². The second-order valence-corrected chi connectivity index (χ2v) is 5.00. The van der Waals surface area contributed by atoms with E-state index in [2.05, 4.69) is 4.98 Å². The van der Waals surface area contributed by atoms with Crippen LogP contribution in [0.1, 0.15) is 20.9 Å². The summed E-state index contributed by atoms with van der Waals surface area (Å²) in [6, 6.07) is 16.4. The van der Waals surface area contributed by atoms with Crippen LogP contribution in [0.15, 0.2) is 48.5 Å². The molecule has 3 aromatic rings. The van der Waals surface area contributed by atoms with Crippen molar-refractivity contribution in [3.63, 3.8) is 0 Å². The fourth-order valence-corrected chi connectivity index (χ4v) is 2.78. The van der Waals surface area contributed by atoms with Gasteiger partial charge in [-0.05, 0) is 24.3 Å². The number of thiazole rings is 1. The van der Waals surface area contributed by atoms with Gasteiger partial charge in [-0.25, -0.2) is 4.98 Å². The number of para-hydroxylation sites is 1. The first-order chi connectivity index (χ1) is 9.29. The molecule has 0 bridgehead atoms. The van der Waals surface area contributed by atoms with Crippen LogP contribution in [0.2, 0.25) is 0 Å². The standard InChI is InChI=1S/C15H8N2OS/c16-9-10-5-1-2-6-11(10)14(18)15-17-12-7-3-4-8-13(12)19-15/h1-8H. The van der Waals surface area contributed by atoms with E-state index in [9.17, 15) is 4.79 Å². The van der Waals surface area contributed by atoms with Crippen LogP contribution < -0.4 is 0 Å². The van der Waals surface area contributed by atoms with Gasteiger partial charge in [0.1, 0.15) is 0 Å². The SMILES string of the molecule is N#Cc1ccccc1C(=O)c1nc2ccccc2s1. The molecule has 1 heterocycles. The molecule has 3 rings (SSSR count). The lowest BCUT2D eigenvalue weighted by Crippen LogP contribution is -2.03. The predicted molar refractivity (Wildman–Crippen MR) is 74.2 cm³/mol. The zero-order valence-electron chi connectivity index (χ0n) is 9.83. The van der Waals surface area contributed by atoms with Crippen molar-refractivity contribution in [2.24, 2.45) is 0 Å². The molecule has 0 N–H and O–H groups in total. The van der Waals surface area contributed by atoms with Crippen LogP contribution in [0.4, 0.5) is 0 Å². The summed E-state index contributed by atoms with van der Waals surface area (Å²) in [7, 11) is 0. The third kappa shape index (κ3) is 2.01. The first kappa shape index (κ1) is 11.6. The third-order valence-corrected chi connectivity index (χ3v) is 3.82. The largest absolute Gasteiger partial charge is 0.286 e. The van der Waals surface area contributed by atoms with Gasteiger partial charge in [-0.15, -0.1) is 11.3 Å². The van der Waals surface area contributed by atoms with Gasteiger partial charge in [0.05, 0.1) is 21.8 Å². The quantitative estimate of drug-likeness (QED) is 0.666. The maximum absolute atomic E-state index is 12.4. The highest BCUT2D eigenvalue weighted by Crippen LogP contribution is 2.24. The summed E-state index contributed by atoms with van der Waals surface area (Å²) in [5.41, 5.74) is 1.60. The van der Waals surface area contributed by atoms with E-state index in [0.29, 0.717) is 16.1 Å². The summed E-state index contributed by atoms with van der Waals surface area (Å²) in [6.45, 7) is 0. The van der Waals surface area contributed by atoms with Gasteiger partial charge in [0, 0.05) is 5.56 Å². The van der Waals surface area contributed by atoms with Crippen LogP contribution in [0.25, 0.3) is 10.2 Å². The molecule has 0 aliphatic carbocycles. The Morgan fingerprint density at radius 2 is 1.84 bits per heavy atom. The van der Waals surface area contributed by atoms with Gasteiger partial charge in [-0.1, -0.05) is 24.3 Å². The monoisotopic (exact) mass is 264 g/mol. The van der Waals surface area contributed by atoms with Crippen molar-refractivity contribution < 1.29 is 4.79 Å². The molecule has 3 nitrogen and oxygen atoms in total. The number of nitriles is 1. The average molecular weight is 264 g/mol. The summed E-state index contributed by atoms with van der Waals surface area (Å²) >= 11 is 1.35. The number of rotatable bonds is 2. The molecule has 2 aromatic carbocycles. The number of nitrogens with zero attached hydrogens (tertiary/aromatic N) is 2. The lowest BCUT2D eigenvalue weighted by molar-refractivity contribution is 0.103. The summed E-state index contributed by atoms with van der Waals surface area (Å²) < 4.78 is 0.972. The Balaban J connectivity index is 2.11. The van der Waals surface area contributed by atoms with E-state index in [1.54, 1.807) is 24.3 Å². The van der Waals surface area contributed by atoms with Gasteiger partial charge in [0.25, 0.3) is 0 Å². The minimum absolute atomic E-state index is 0.196. The molecule has 0 amide bonds. The number of fused-ring (bicyclic) bond motifs is 1. The van der Waals surface area contributed by atoms with E-state index in [1.165, 1.54) is 11.3 Å². The van der Waals surface area contributed by atoms with Crippen LogP contribution in [0.5, 0.6) is 0 Å². The van der Waals surface area contributed by atoms with E-state index >= 15 is 0 Å². The average Bonchev–Trinajstić information content (AvgIpc) is 2.90. The first-order valence-electron chi connectivity index (χ1n) is 5.69. The highest BCUT2D eigenvalue weighted by molar-refractivity contribution is 7.20. The second-order valence-electron chi connectivity index (χ2n) is 3.97. The number of carbonyl (C=O) groups is 1. The van der Waals surface area contributed by atoms with Gasteiger partial charge in [0.15, 0.2) is 5.01 Å². The molecule has 0 radical (unpaired) electrons. The molecule has 0 fully saturated rings. The van der Waals surface area contributed by atoms with Gasteiger partial charge < -0.3 is 0 Å². The summed E-state index contributed by atoms with van der Waals surface area (Å²) in [5, 5.41) is 9.46. The number of hydrogen-bond acceptors (Lipinski definition) is 4. The van der Waals surface area contributed by atoms with Gasteiger partial charge in [0.2, 0.25) is 5.78 Å². The molecule has 1 aromatic heterocycles. The lowest BCUT2D eigenvalue weighted by atomic mass is 10.1. The second kappa shape index (κ2) is 4.63. The van der Waals surface area contributed by atoms with Crippen molar-refractivity contribution >= 4 is 27.3 Å². The van der Waals surface area contributed by atoms with Crippen molar-refractivity contribution in [1.29, 1.82) is 5.26 Å². The molecule has 0 spiro atoms. The van der Waals surface area contributed by atoms with Crippen LogP contribution in [-0.2, 0) is 0 Å². The Kier molecular flexibility index (Phi) is 2.82. The summed E-state index contributed by atoms with van der Waals surface area (Å²) in [4.78, 5) is 16.7. The first-order valence-corrected chi connectivity index (χ1v) is 6.50. The molecule has 0 saturated carbocycles. The number of carbonyl (C=O) groups excluding carboxylic acids is 1. The van der Waals surface area contributed by atoms with Crippen molar-refractivity contribution in [2.75, 3.05) is 0 Å². The Bertz CT molecular complexity index is 781. The Morgan fingerprint density at radius 3 is 2.63 bits per heavy atom. The number of benzene rings is 2. The Labute approximate surface area is 113 Å². The fraction of sp³-hybridized carbons (Fsp3) is 0. The normalized spacial score (nSPS) is 10.3. The Morgan fingerprint density at radius 1 is 1.11 bits per heavy atom. The topological polar surface area (TPSA) is 53.8 Å². The summed E-state index contributed by atoms with van der Waals surface area (Å²) in [6.07, 6.45) is 0. The smallest absolute Gasteiger partial charge is 0.222 e. The minimum atomic E-state index is -0.196. The Hall–Kier alpha value is -2.51. The molecule has 0 aliphatic rings. The van der Waals surface area contributed by atoms with Crippen molar-refractivity contribution in [3.05, 3.63) is 64.7 Å². The fourth-order valence-electron chi connectivity index (χ4n) is 1.86. The number of ketones is 1. The van der Waals surface area contributed by atoms with Crippen molar-refractivity contribution in [3.8, 4) is 6.07 Å². The van der Waals surface area contributed by atoms with E-state index in [4.69, 9.17) is 5.26 Å². The molecule has 0 atom stereocenters. The molecule has 90 valence electrons. The molecule has 4 heteroatoms. The van der Waals surface area contributed by atoms with Crippen LogP contribution in [0, 0.1) is 11.3 Å². The molecule has 19 heavy (non-hydrogen) atoms. The zero-order valence-corrected chi connectivity index (χ0v) is 10.6. The zero-order chi connectivity index (χ0) is 13.2. The minimum Gasteiger partial charge on any atom is -0.286 e. The van der Waals surface area contributed by atoms with E-state index in [0.717, 1.165) is 10.2 Å². The molecule has 0 saturated heterocycles. The molecule has 0 unspecified atom stereocenters. The maximum Gasteiger partial charge on any atom is 0.222 e. The maximum atomic E-state index is 12.4. The number of hydrogen-bond donors (Lipinski definition) is 0. The highest BCUT2D eigenvalue weighted by atomic mass is 32.1. The van der Waals surface area contributed by atoms with E-state index in [1.807, 2.05) is 30.3 Å². The van der Waals surface area contributed by atoms with Crippen LogP contribution in [0.3, 0.4) is 0 Å². The summed E-state index contributed by atoms with van der Waals surface area (Å²) in [5.74, 6) is -0.196.